The minimum Gasteiger partial charge on any atom is -0.472 e. The molecular weight excluding hydrogens is 467 g/mol. The first kappa shape index (κ1) is 27.3. The number of aromatic nitrogens is 1. The Bertz CT molecular complexity index is 1050. The van der Waals surface area contributed by atoms with E-state index in [2.05, 4.69) is 10.3 Å². The summed E-state index contributed by atoms with van der Waals surface area (Å²) >= 11 is 0. The lowest BCUT2D eigenvalue weighted by atomic mass is 9.99. The summed E-state index contributed by atoms with van der Waals surface area (Å²) in [5.41, 5.74) is 1.54. The number of aliphatic hydroxyl groups excluding tert-OH is 2. The molecule has 0 saturated carbocycles. The van der Waals surface area contributed by atoms with Crippen molar-refractivity contribution in [3.63, 3.8) is 0 Å². The molecule has 1 aliphatic rings. The van der Waals surface area contributed by atoms with Gasteiger partial charge >= 0.3 is 6.03 Å². The number of amides is 3. The molecule has 3 rings (SSSR count). The number of nitrogens with zero attached hydrogens (tertiary/aromatic N) is 3. The zero-order chi connectivity index (χ0) is 26.4. The number of carbonyl (C=O) groups is 2. The highest BCUT2D eigenvalue weighted by Crippen LogP contribution is 2.28. The number of halogens is 1. The number of pyridine rings is 1. The van der Waals surface area contributed by atoms with Crippen LogP contribution in [0.25, 0.3) is 0 Å². The number of benzene rings is 1. The fourth-order valence-electron chi connectivity index (χ4n) is 3.98. The maximum atomic E-state index is 13.4. The predicted octanol–water partition coefficient (Wildman–Crippen LogP) is 2.92. The quantitative estimate of drug-likeness (QED) is 0.511. The highest BCUT2D eigenvalue weighted by atomic mass is 19.1. The van der Waals surface area contributed by atoms with Crippen LogP contribution in [0.5, 0.6) is 5.88 Å². The van der Waals surface area contributed by atoms with Gasteiger partial charge in [-0.3, -0.25) is 4.79 Å². The number of carbonyl (C=O) groups excluding carboxylic acids is 2. The summed E-state index contributed by atoms with van der Waals surface area (Å²) in [6.45, 7) is 5.71. The molecule has 0 unspecified atom stereocenters. The standard InChI is InChI=1S/C26H35FN4O5/c1-16-13-31(17(2)15-32)25(34)22-11-19(6-5-18(3)33)12-28-24(22)36-23(16)14-30(4)26(35)29-21-9-7-20(27)8-10-21/h7-12,16-18,23,32-33H,5-6,13-15H2,1-4H3,(H,29,35)/t16-,17+,18+,23-/m0/s1. The van der Waals surface area contributed by atoms with Gasteiger partial charge in [-0.25, -0.2) is 14.2 Å². The lowest BCUT2D eigenvalue weighted by Crippen LogP contribution is -2.50. The van der Waals surface area contributed by atoms with Gasteiger partial charge in [-0.05, 0) is 62.6 Å². The monoisotopic (exact) mass is 502 g/mol. The van der Waals surface area contributed by atoms with E-state index in [4.69, 9.17) is 4.74 Å². The molecule has 3 amide bonds. The minimum atomic E-state index is -0.495. The third-order valence-electron chi connectivity index (χ3n) is 6.32. The Morgan fingerprint density at radius 1 is 1.33 bits per heavy atom. The number of aliphatic hydroxyl groups is 2. The fourth-order valence-corrected chi connectivity index (χ4v) is 3.98. The van der Waals surface area contributed by atoms with Crippen molar-refractivity contribution in [1.82, 2.24) is 14.8 Å². The van der Waals surface area contributed by atoms with E-state index in [9.17, 15) is 24.2 Å². The molecule has 4 atom stereocenters. The highest BCUT2D eigenvalue weighted by Gasteiger charge is 2.34. The second-order valence-corrected chi connectivity index (χ2v) is 9.52. The Kier molecular flexibility index (Phi) is 9.22. The van der Waals surface area contributed by atoms with Crippen molar-refractivity contribution in [3.8, 4) is 5.88 Å². The van der Waals surface area contributed by atoms with E-state index in [1.54, 1.807) is 38.1 Å². The van der Waals surface area contributed by atoms with Crippen molar-refractivity contribution >= 4 is 17.6 Å². The van der Waals surface area contributed by atoms with Gasteiger partial charge in [0.1, 0.15) is 17.5 Å². The first-order valence-electron chi connectivity index (χ1n) is 12.1. The van der Waals surface area contributed by atoms with Crippen LogP contribution in [0.1, 0.15) is 43.1 Å². The number of likely N-dealkylation sites (N-methyl/N-ethyl adjacent to an activating group) is 1. The van der Waals surface area contributed by atoms with E-state index in [-0.39, 0.29) is 36.4 Å². The topological polar surface area (TPSA) is 115 Å². The summed E-state index contributed by atoms with van der Waals surface area (Å²) in [4.78, 5) is 33.7. The van der Waals surface area contributed by atoms with Crippen LogP contribution in [0.15, 0.2) is 36.5 Å². The fraction of sp³-hybridized carbons (Fsp3) is 0.500. The summed E-state index contributed by atoms with van der Waals surface area (Å²) < 4.78 is 19.4. The normalized spacial score (nSPS) is 19.4. The Labute approximate surface area is 210 Å². The molecule has 2 aromatic rings. The SMILES string of the molecule is C[C@H](CO)N1C[C@H](C)[C@H](CN(C)C(=O)Nc2ccc(F)cc2)Oc2ncc(CC[C@@H](C)O)cc2C1=O. The maximum absolute atomic E-state index is 13.4. The Balaban J connectivity index is 1.84. The molecule has 10 heteroatoms. The second-order valence-electron chi connectivity index (χ2n) is 9.52. The molecule has 0 bridgehead atoms. The van der Waals surface area contributed by atoms with E-state index < -0.39 is 30.1 Å². The van der Waals surface area contributed by atoms with Gasteiger partial charge in [-0.1, -0.05) is 6.92 Å². The van der Waals surface area contributed by atoms with Crippen molar-refractivity contribution < 1.29 is 28.9 Å². The third kappa shape index (κ3) is 6.92. The highest BCUT2D eigenvalue weighted by molar-refractivity contribution is 5.97. The number of hydrogen-bond acceptors (Lipinski definition) is 6. The summed E-state index contributed by atoms with van der Waals surface area (Å²) in [5, 5.41) is 22.1. The molecule has 1 aromatic heterocycles. The molecule has 1 aliphatic heterocycles. The van der Waals surface area contributed by atoms with Crippen molar-refractivity contribution in [3.05, 3.63) is 53.5 Å². The molecule has 2 heterocycles. The van der Waals surface area contributed by atoms with Gasteiger partial charge in [-0.2, -0.15) is 0 Å². The summed E-state index contributed by atoms with van der Waals surface area (Å²) in [6.07, 6.45) is 1.73. The van der Waals surface area contributed by atoms with Crippen LogP contribution in [0.4, 0.5) is 14.9 Å². The average Bonchev–Trinajstić information content (AvgIpc) is 2.85. The van der Waals surface area contributed by atoms with Gasteiger partial charge < -0.3 is 30.1 Å². The third-order valence-corrected chi connectivity index (χ3v) is 6.32. The second kappa shape index (κ2) is 12.1. The van der Waals surface area contributed by atoms with Crippen molar-refractivity contribution in [2.24, 2.45) is 5.92 Å². The zero-order valence-electron chi connectivity index (χ0n) is 21.1. The minimum absolute atomic E-state index is 0.167. The van der Waals surface area contributed by atoms with Crippen LogP contribution < -0.4 is 10.1 Å². The number of rotatable bonds is 8. The van der Waals surface area contributed by atoms with Gasteiger partial charge in [0.15, 0.2) is 0 Å². The number of fused-ring (bicyclic) bond motifs is 1. The Hall–Kier alpha value is -3.24. The Morgan fingerprint density at radius 2 is 2.03 bits per heavy atom. The largest absolute Gasteiger partial charge is 0.472 e. The van der Waals surface area contributed by atoms with Crippen molar-refractivity contribution in [2.45, 2.75) is 51.9 Å². The number of aryl methyl sites for hydroxylation is 1. The van der Waals surface area contributed by atoms with E-state index in [0.717, 1.165) is 5.56 Å². The van der Waals surface area contributed by atoms with Gasteiger partial charge in [0.05, 0.1) is 25.3 Å². The van der Waals surface area contributed by atoms with Gasteiger partial charge in [0.2, 0.25) is 5.88 Å². The predicted molar refractivity (Wildman–Crippen MR) is 133 cm³/mol. The number of nitrogens with one attached hydrogen (secondary N) is 1. The molecule has 0 radical (unpaired) electrons. The maximum Gasteiger partial charge on any atom is 0.321 e. The van der Waals surface area contributed by atoms with Gasteiger partial charge in [0, 0.05) is 31.4 Å². The van der Waals surface area contributed by atoms with Crippen LogP contribution in [-0.2, 0) is 6.42 Å². The van der Waals surface area contributed by atoms with E-state index in [1.165, 1.54) is 29.2 Å². The number of hydrogen-bond donors (Lipinski definition) is 3. The summed E-state index contributed by atoms with van der Waals surface area (Å²) in [6, 6.07) is 6.39. The molecule has 196 valence electrons. The number of anilines is 1. The lowest BCUT2D eigenvalue weighted by molar-refractivity contribution is 0.0356. The molecule has 0 fully saturated rings. The molecule has 0 aliphatic carbocycles. The summed E-state index contributed by atoms with van der Waals surface area (Å²) in [7, 11) is 1.63. The number of ether oxygens (including phenoxy) is 1. The van der Waals surface area contributed by atoms with Gasteiger partial charge in [-0.15, -0.1) is 0 Å². The molecular formula is C26H35FN4O5. The van der Waals surface area contributed by atoms with E-state index in [1.807, 2.05) is 6.92 Å². The Morgan fingerprint density at radius 3 is 2.67 bits per heavy atom. The van der Waals surface area contributed by atoms with Crippen molar-refractivity contribution in [2.75, 3.05) is 32.1 Å². The van der Waals surface area contributed by atoms with Crippen LogP contribution in [0, 0.1) is 11.7 Å². The van der Waals surface area contributed by atoms with Gasteiger partial charge in [0.25, 0.3) is 5.91 Å². The van der Waals surface area contributed by atoms with Crippen LogP contribution in [0.3, 0.4) is 0 Å². The zero-order valence-corrected chi connectivity index (χ0v) is 21.1. The summed E-state index contributed by atoms with van der Waals surface area (Å²) in [5.74, 6) is -0.700. The number of urea groups is 1. The molecule has 0 saturated heterocycles. The van der Waals surface area contributed by atoms with E-state index in [0.29, 0.717) is 25.1 Å². The smallest absolute Gasteiger partial charge is 0.321 e. The first-order valence-corrected chi connectivity index (χ1v) is 12.1. The first-order chi connectivity index (χ1) is 17.1. The van der Waals surface area contributed by atoms with Crippen LogP contribution in [0.2, 0.25) is 0 Å². The van der Waals surface area contributed by atoms with Crippen molar-refractivity contribution in [1.29, 1.82) is 0 Å². The molecule has 9 nitrogen and oxygen atoms in total. The lowest BCUT2D eigenvalue weighted by Gasteiger charge is -2.37. The molecule has 1 aromatic carbocycles. The van der Waals surface area contributed by atoms with Crippen LogP contribution in [-0.4, -0.2) is 81.9 Å². The van der Waals surface area contributed by atoms with Crippen LogP contribution >= 0.6 is 0 Å². The van der Waals surface area contributed by atoms with E-state index >= 15 is 0 Å². The molecule has 0 spiro atoms. The molecule has 3 N–H and O–H groups in total. The average molecular weight is 503 g/mol. The molecule has 36 heavy (non-hydrogen) atoms.